The van der Waals surface area contributed by atoms with Crippen molar-refractivity contribution >= 4 is 0 Å². The molecular weight excluding hydrogens is 215 g/mol. The van der Waals surface area contributed by atoms with Crippen LogP contribution in [0.5, 0.6) is 0 Å². The maximum absolute atomic E-state index is 8.70. The maximum atomic E-state index is 8.70. The predicted molar refractivity (Wildman–Crippen MR) is 28.7 cm³/mol. The minimum absolute atomic E-state index is 0.604. The fourth-order valence-corrected chi connectivity index (χ4v) is 1.56. The van der Waals surface area contributed by atoms with Gasteiger partial charge in [0.1, 0.15) is 0 Å². The number of halogens is 1. The molecule has 0 saturated heterocycles. The Morgan fingerprint density at radius 1 is 1.62 bits per heavy atom. The minimum atomic E-state index is -0.604. The molecule has 2 heteroatoms. The van der Waals surface area contributed by atoms with Gasteiger partial charge in [0.05, 0.1) is 0 Å². The van der Waals surface area contributed by atoms with Crippen LogP contribution >= 0.6 is 0 Å². The topological polar surface area (TPSA) is 20.2 Å². The molecule has 0 radical (unpaired) electrons. The first kappa shape index (κ1) is 6.29. The van der Waals surface area contributed by atoms with Crippen LogP contribution in [0.2, 0.25) is 0 Å². The van der Waals surface area contributed by atoms with Gasteiger partial charge in [-0.3, -0.25) is 0 Å². The molecule has 46 valence electrons. The molecule has 1 N–H and O–H groups in total. The van der Waals surface area contributed by atoms with Crippen LogP contribution in [-0.4, -0.2) is 3.44 Å². The van der Waals surface area contributed by atoms with Gasteiger partial charge < -0.3 is 0 Å². The average Bonchev–Trinajstić information content (AvgIpc) is 1.90. The molecule has 1 rings (SSSR count). The quantitative estimate of drug-likeness (QED) is 0.521. The average molecular weight is 223 g/mol. The van der Waals surface area contributed by atoms with E-state index in [1.54, 1.807) is 0 Å². The van der Waals surface area contributed by atoms with Crippen LogP contribution in [0.3, 0.4) is 0 Å². The van der Waals surface area contributed by atoms with Gasteiger partial charge in [0.25, 0.3) is 0 Å². The molecule has 0 amide bonds. The molecular formula is C6H8IO-. The molecule has 0 bridgehead atoms. The Morgan fingerprint density at radius 3 is 2.88 bits per heavy atom. The molecule has 0 aromatic carbocycles. The third-order valence-corrected chi connectivity index (χ3v) is 2.59. The van der Waals surface area contributed by atoms with E-state index in [4.69, 9.17) is 3.44 Å². The van der Waals surface area contributed by atoms with E-state index in [9.17, 15) is 0 Å². The Labute approximate surface area is 59.9 Å². The first-order valence-electron chi connectivity index (χ1n) is 2.58. The van der Waals surface area contributed by atoms with Crippen molar-refractivity contribution in [1.82, 2.24) is 0 Å². The van der Waals surface area contributed by atoms with E-state index in [1.165, 1.54) is 3.58 Å². The molecule has 0 aliphatic heterocycles. The molecule has 0 aromatic heterocycles. The second-order valence-electron chi connectivity index (χ2n) is 1.66. The Bertz CT molecular complexity index is 126. The van der Waals surface area contributed by atoms with Crippen molar-refractivity contribution in [3.05, 3.63) is 21.8 Å². The third kappa shape index (κ3) is 1.59. The van der Waals surface area contributed by atoms with Crippen LogP contribution in [0.15, 0.2) is 21.8 Å². The summed E-state index contributed by atoms with van der Waals surface area (Å²) in [6.45, 7) is 0. The fourth-order valence-electron chi connectivity index (χ4n) is 0.644. The Morgan fingerprint density at radius 2 is 2.50 bits per heavy atom. The second-order valence-corrected chi connectivity index (χ2v) is 3.53. The molecule has 0 aromatic rings. The van der Waals surface area contributed by atoms with Gasteiger partial charge in [-0.05, 0) is 0 Å². The van der Waals surface area contributed by atoms with Crippen LogP contribution in [0, 0.1) is 0 Å². The van der Waals surface area contributed by atoms with Crippen LogP contribution in [0.4, 0.5) is 0 Å². The summed E-state index contributed by atoms with van der Waals surface area (Å²) in [5.74, 6) is 0. The van der Waals surface area contributed by atoms with Gasteiger partial charge >= 0.3 is 59.7 Å². The molecule has 0 atom stereocenters. The summed E-state index contributed by atoms with van der Waals surface area (Å²) in [5.41, 5.74) is 0. The van der Waals surface area contributed by atoms with E-state index >= 15 is 0 Å². The van der Waals surface area contributed by atoms with Gasteiger partial charge in [-0.15, -0.1) is 0 Å². The molecule has 8 heavy (non-hydrogen) atoms. The van der Waals surface area contributed by atoms with Gasteiger partial charge in [0.15, 0.2) is 0 Å². The van der Waals surface area contributed by atoms with Gasteiger partial charge in [-0.1, -0.05) is 0 Å². The van der Waals surface area contributed by atoms with E-state index in [-0.39, 0.29) is 0 Å². The second kappa shape index (κ2) is 3.25. The Hall–Kier alpha value is 0.170. The number of hydrogen-bond acceptors (Lipinski definition) is 1. The van der Waals surface area contributed by atoms with Gasteiger partial charge in [-0.2, -0.15) is 0 Å². The van der Waals surface area contributed by atoms with Crippen LogP contribution in [0.1, 0.15) is 12.8 Å². The van der Waals surface area contributed by atoms with Gasteiger partial charge in [0, 0.05) is 0 Å². The van der Waals surface area contributed by atoms with E-state index < -0.39 is 21.6 Å². The molecule has 0 unspecified atom stereocenters. The van der Waals surface area contributed by atoms with Crippen molar-refractivity contribution in [1.29, 1.82) is 0 Å². The van der Waals surface area contributed by atoms with Gasteiger partial charge in [-0.25, -0.2) is 0 Å². The van der Waals surface area contributed by atoms with Crippen molar-refractivity contribution in [3.8, 4) is 0 Å². The summed E-state index contributed by atoms with van der Waals surface area (Å²) in [6.07, 6.45) is 8.38. The first-order valence-corrected chi connectivity index (χ1v) is 4.62. The summed E-state index contributed by atoms with van der Waals surface area (Å²) >= 11 is -0.604. The summed E-state index contributed by atoms with van der Waals surface area (Å²) in [5, 5.41) is 0. The zero-order valence-corrected chi connectivity index (χ0v) is 6.63. The zero-order valence-electron chi connectivity index (χ0n) is 4.47. The Kier molecular flexibility index (Phi) is 2.55. The number of allylic oxidation sites excluding steroid dienone is 4. The van der Waals surface area contributed by atoms with E-state index in [1.807, 2.05) is 12.2 Å². The molecule has 0 heterocycles. The Balaban J connectivity index is 2.50. The fraction of sp³-hybridized carbons (Fsp3) is 0.333. The molecule has 0 fully saturated rings. The standard InChI is InChI=1S/C6H8IO/c8-7-6-4-2-1-3-5-6/h1-2,4,8H,3,5H2/q-1. The zero-order chi connectivity index (χ0) is 5.82. The van der Waals surface area contributed by atoms with E-state index in [0.717, 1.165) is 12.8 Å². The normalized spacial score (nSPS) is 18.9. The summed E-state index contributed by atoms with van der Waals surface area (Å²) < 4.78 is 9.95. The summed E-state index contributed by atoms with van der Waals surface area (Å²) in [7, 11) is 0. The SMILES string of the molecule is O[I-]C1=CC=CCC1. The van der Waals surface area contributed by atoms with Crippen molar-refractivity contribution < 1.29 is 25.1 Å². The molecule has 1 nitrogen and oxygen atoms in total. The number of rotatable bonds is 1. The van der Waals surface area contributed by atoms with Crippen molar-refractivity contribution in [2.24, 2.45) is 0 Å². The molecule has 0 saturated carbocycles. The first-order chi connectivity index (χ1) is 3.93. The third-order valence-electron chi connectivity index (χ3n) is 1.07. The van der Waals surface area contributed by atoms with E-state index in [2.05, 4.69) is 6.08 Å². The summed E-state index contributed by atoms with van der Waals surface area (Å²) in [4.78, 5) is 0. The van der Waals surface area contributed by atoms with E-state index in [0.29, 0.717) is 0 Å². The van der Waals surface area contributed by atoms with Crippen molar-refractivity contribution in [2.75, 3.05) is 0 Å². The van der Waals surface area contributed by atoms with Crippen LogP contribution < -0.4 is 21.6 Å². The molecule has 1 aliphatic rings. The predicted octanol–water partition coefficient (Wildman–Crippen LogP) is -1.78. The summed E-state index contributed by atoms with van der Waals surface area (Å²) in [6, 6.07) is 0. The van der Waals surface area contributed by atoms with Crippen molar-refractivity contribution in [3.63, 3.8) is 0 Å². The van der Waals surface area contributed by atoms with Crippen LogP contribution in [-0.2, 0) is 0 Å². The molecule has 1 aliphatic carbocycles. The van der Waals surface area contributed by atoms with Crippen LogP contribution in [0.25, 0.3) is 0 Å². The number of hydrogen-bond donors (Lipinski definition) is 1. The van der Waals surface area contributed by atoms with Crippen molar-refractivity contribution in [2.45, 2.75) is 12.8 Å². The molecule has 0 spiro atoms. The monoisotopic (exact) mass is 223 g/mol. The van der Waals surface area contributed by atoms with Gasteiger partial charge in [0.2, 0.25) is 0 Å².